The number of para-hydroxylation sites is 3. The second-order valence-corrected chi connectivity index (χ2v) is 7.62. The van der Waals surface area contributed by atoms with Crippen LogP contribution in [0.5, 0.6) is 11.5 Å². The number of hydrogen-bond acceptors (Lipinski definition) is 5. The van der Waals surface area contributed by atoms with E-state index in [4.69, 9.17) is 21.7 Å². The van der Waals surface area contributed by atoms with E-state index < -0.39 is 5.91 Å². The lowest BCUT2D eigenvalue weighted by molar-refractivity contribution is 0.0952. The number of carbonyl (C=O) groups excluding carboxylic acids is 2. The summed E-state index contributed by atoms with van der Waals surface area (Å²) in [5.41, 5.74) is 1.28. The maximum absolute atomic E-state index is 12.9. The van der Waals surface area contributed by atoms with E-state index in [1.807, 2.05) is 37.3 Å². The number of anilines is 1. The maximum Gasteiger partial charge on any atom is 0.261 e. The molecule has 0 saturated heterocycles. The molecule has 0 aliphatic carbocycles. The molecule has 8 heteroatoms. The first-order chi connectivity index (χ1) is 16.6. The molecule has 0 fully saturated rings. The molecule has 0 aliphatic heterocycles. The van der Waals surface area contributed by atoms with E-state index in [0.29, 0.717) is 35.7 Å². The summed E-state index contributed by atoms with van der Waals surface area (Å²) in [5, 5.41) is 8.49. The van der Waals surface area contributed by atoms with E-state index in [-0.39, 0.29) is 17.6 Å². The van der Waals surface area contributed by atoms with Gasteiger partial charge in [-0.1, -0.05) is 49.4 Å². The van der Waals surface area contributed by atoms with Crippen LogP contribution in [0.2, 0.25) is 0 Å². The highest BCUT2D eigenvalue weighted by atomic mass is 32.1. The molecule has 0 saturated carbocycles. The van der Waals surface area contributed by atoms with Gasteiger partial charge in [-0.3, -0.25) is 14.9 Å². The number of ether oxygens (including phenoxy) is 2. The monoisotopic (exact) mass is 477 g/mol. The Bertz CT molecular complexity index is 1120. The largest absolute Gasteiger partial charge is 0.490 e. The van der Waals surface area contributed by atoms with Crippen molar-refractivity contribution in [2.75, 3.05) is 25.1 Å². The smallest absolute Gasteiger partial charge is 0.261 e. The summed E-state index contributed by atoms with van der Waals surface area (Å²) >= 11 is 5.31. The first-order valence-electron chi connectivity index (χ1n) is 11.0. The van der Waals surface area contributed by atoms with E-state index in [1.165, 1.54) is 0 Å². The minimum Gasteiger partial charge on any atom is -0.490 e. The number of hydrogen-bond donors (Lipinski definition) is 3. The second-order valence-electron chi connectivity index (χ2n) is 7.22. The van der Waals surface area contributed by atoms with Crippen LogP contribution in [0.25, 0.3) is 0 Å². The third-order valence-electron chi connectivity index (χ3n) is 4.67. The van der Waals surface area contributed by atoms with Crippen molar-refractivity contribution in [2.45, 2.75) is 13.3 Å². The molecule has 0 heterocycles. The van der Waals surface area contributed by atoms with Crippen LogP contribution in [0, 0.1) is 0 Å². The minimum atomic E-state index is -0.426. The van der Waals surface area contributed by atoms with E-state index in [2.05, 4.69) is 16.0 Å². The SMILES string of the molecule is CCCNC(=O)c1ccccc1NC(=S)NC(=O)c1ccccc1OCCOc1ccccc1. The summed E-state index contributed by atoms with van der Waals surface area (Å²) < 4.78 is 11.4. The Kier molecular flexibility index (Phi) is 9.42. The second kappa shape index (κ2) is 13.0. The van der Waals surface area contributed by atoms with E-state index in [9.17, 15) is 9.59 Å². The molecule has 2 amide bonds. The van der Waals surface area contributed by atoms with Crippen LogP contribution >= 0.6 is 12.2 Å². The van der Waals surface area contributed by atoms with Crippen molar-refractivity contribution in [1.29, 1.82) is 0 Å². The van der Waals surface area contributed by atoms with Gasteiger partial charge in [0, 0.05) is 6.54 Å². The predicted octanol–water partition coefficient (Wildman–Crippen LogP) is 4.41. The molecule has 3 aromatic rings. The lowest BCUT2D eigenvalue weighted by Gasteiger charge is -2.15. The summed E-state index contributed by atoms with van der Waals surface area (Å²) in [7, 11) is 0. The zero-order chi connectivity index (χ0) is 24.2. The summed E-state index contributed by atoms with van der Waals surface area (Å²) in [4.78, 5) is 25.3. The molecule has 176 valence electrons. The van der Waals surface area contributed by atoms with Gasteiger partial charge in [-0.15, -0.1) is 0 Å². The first kappa shape index (κ1) is 24.7. The fraction of sp³-hybridized carbons (Fsp3) is 0.192. The lowest BCUT2D eigenvalue weighted by atomic mass is 10.1. The summed E-state index contributed by atoms with van der Waals surface area (Å²) in [6.07, 6.45) is 0.829. The number of nitrogens with one attached hydrogen (secondary N) is 3. The standard InChI is InChI=1S/C26H27N3O4S/c1-2-16-27-24(30)20-12-6-8-14-22(20)28-26(34)29-25(31)21-13-7-9-15-23(21)33-18-17-32-19-10-4-3-5-11-19/h3-15H,2,16-18H2,1H3,(H,27,30)(H2,28,29,31,34). The van der Waals surface area contributed by atoms with Gasteiger partial charge < -0.3 is 20.1 Å². The Balaban J connectivity index is 1.57. The Morgan fingerprint density at radius 1 is 0.794 bits per heavy atom. The van der Waals surface area contributed by atoms with Crippen molar-refractivity contribution in [3.05, 3.63) is 90.0 Å². The fourth-order valence-corrected chi connectivity index (χ4v) is 3.26. The molecule has 0 aromatic heterocycles. The minimum absolute atomic E-state index is 0.0722. The zero-order valence-electron chi connectivity index (χ0n) is 18.9. The lowest BCUT2D eigenvalue weighted by Crippen LogP contribution is -2.35. The third kappa shape index (κ3) is 7.31. The summed E-state index contributed by atoms with van der Waals surface area (Å²) in [6.45, 7) is 3.15. The molecular weight excluding hydrogens is 450 g/mol. The molecule has 0 spiro atoms. The fourth-order valence-electron chi connectivity index (χ4n) is 3.06. The van der Waals surface area contributed by atoms with Crippen LogP contribution in [0.3, 0.4) is 0 Å². The average Bonchev–Trinajstić information content (AvgIpc) is 2.86. The van der Waals surface area contributed by atoms with Crippen LogP contribution in [0.4, 0.5) is 5.69 Å². The Labute approximate surface area is 204 Å². The van der Waals surface area contributed by atoms with Crippen molar-refractivity contribution in [3.8, 4) is 11.5 Å². The molecule has 0 unspecified atom stereocenters. The van der Waals surface area contributed by atoms with Crippen molar-refractivity contribution in [3.63, 3.8) is 0 Å². The first-order valence-corrected chi connectivity index (χ1v) is 11.4. The number of benzene rings is 3. The molecular formula is C26H27N3O4S. The molecule has 0 aliphatic rings. The molecule has 7 nitrogen and oxygen atoms in total. The van der Waals surface area contributed by atoms with Crippen LogP contribution in [-0.2, 0) is 0 Å². The summed E-state index contributed by atoms with van der Waals surface area (Å²) in [5.74, 6) is 0.525. The van der Waals surface area contributed by atoms with Crippen molar-refractivity contribution in [2.24, 2.45) is 0 Å². The van der Waals surface area contributed by atoms with Gasteiger partial charge in [0.15, 0.2) is 5.11 Å². The van der Waals surface area contributed by atoms with Gasteiger partial charge in [-0.2, -0.15) is 0 Å². The average molecular weight is 478 g/mol. The van der Waals surface area contributed by atoms with Crippen LogP contribution < -0.4 is 25.4 Å². The van der Waals surface area contributed by atoms with Gasteiger partial charge in [0.1, 0.15) is 24.7 Å². The highest BCUT2D eigenvalue weighted by Gasteiger charge is 2.16. The van der Waals surface area contributed by atoms with Gasteiger partial charge >= 0.3 is 0 Å². The topological polar surface area (TPSA) is 88.7 Å². The van der Waals surface area contributed by atoms with Gasteiger partial charge in [0.25, 0.3) is 11.8 Å². The number of amides is 2. The van der Waals surface area contributed by atoms with Crippen LogP contribution in [-0.4, -0.2) is 36.7 Å². The van der Waals surface area contributed by atoms with Gasteiger partial charge in [0.2, 0.25) is 0 Å². The van der Waals surface area contributed by atoms with Crippen LogP contribution in [0.1, 0.15) is 34.1 Å². The number of rotatable bonds is 10. The molecule has 3 rings (SSSR count). The van der Waals surface area contributed by atoms with Crippen molar-refractivity contribution >= 4 is 34.8 Å². The number of thiocarbonyl (C=S) groups is 1. The maximum atomic E-state index is 12.9. The van der Waals surface area contributed by atoms with Gasteiger partial charge in [0.05, 0.1) is 16.8 Å². The van der Waals surface area contributed by atoms with E-state index in [0.717, 1.165) is 12.2 Å². The molecule has 0 bridgehead atoms. The van der Waals surface area contributed by atoms with Crippen molar-refractivity contribution in [1.82, 2.24) is 10.6 Å². The normalized spacial score (nSPS) is 10.1. The van der Waals surface area contributed by atoms with Gasteiger partial charge in [-0.05, 0) is 55.0 Å². The van der Waals surface area contributed by atoms with Crippen LogP contribution in [0.15, 0.2) is 78.9 Å². The Hall–Kier alpha value is -3.91. The Morgan fingerprint density at radius 3 is 2.21 bits per heavy atom. The van der Waals surface area contributed by atoms with Crippen molar-refractivity contribution < 1.29 is 19.1 Å². The highest BCUT2D eigenvalue weighted by Crippen LogP contribution is 2.19. The molecule has 0 radical (unpaired) electrons. The third-order valence-corrected chi connectivity index (χ3v) is 4.87. The molecule has 3 aromatic carbocycles. The van der Waals surface area contributed by atoms with Gasteiger partial charge in [-0.25, -0.2) is 0 Å². The zero-order valence-corrected chi connectivity index (χ0v) is 19.7. The Morgan fingerprint density at radius 2 is 1.44 bits per heavy atom. The molecule has 0 atom stereocenters. The molecule has 34 heavy (non-hydrogen) atoms. The van der Waals surface area contributed by atoms with E-state index in [1.54, 1.807) is 48.5 Å². The summed E-state index contributed by atoms with van der Waals surface area (Å²) in [6, 6.07) is 23.3. The quantitative estimate of drug-likeness (QED) is 0.296. The highest BCUT2D eigenvalue weighted by molar-refractivity contribution is 7.80. The molecule has 3 N–H and O–H groups in total. The predicted molar refractivity (Wildman–Crippen MR) is 137 cm³/mol. The van der Waals surface area contributed by atoms with E-state index >= 15 is 0 Å². The number of carbonyl (C=O) groups is 2.